The molecule has 2 aromatic carbocycles. The number of nitrogen functional groups attached to an aromatic ring is 1. The molecule has 1 aliphatic heterocycles. The van der Waals surface area contributed by atoms with Crippen molar-refractivity contribution in [3.8, 4) is 0 Å². The van der Waals surface area contributed by atoms with Gasteiger partial charge in [0, 0.05) is 18.8 Å². The van der Waals surface area contributed by atoms with Gasteiger partial charge in [-0.15, -0.1) is 0 Å². The Kier molecular flexibility index (Phi) is 2.88. The Bertz CT molecular complexity index is 580. The first-order valence-corrected chi connectivity index (χ1v) is 6.48. The maximum absolute atomic E-state index is 5.94. The van der Waals surface area contributed by atoms with E-state index in [4.69, 9.17) is 17.3 Å². The highest BCUT2D eigenvalue weighted by molar-refractivity contribution is 6.33. The summed E-state index contributed by atoms with van der Waals surface area (Å²) in [5.41, 5.74) is 10.5. The van der Waals surface area contributed by atoms with Crippen LogP contribution in [0, 0.1) is 0 Å². The van der Waals surface area contributed by atoms with Crippen LogP contribution in [-0.4, -0.2) is 6.54 Å². The molecule has 2 nitrogen and oxygen atoms in total. The first kappa shape index (κ1) is 11.4. The second kappa shape index (κ2) is 4.54. The Labute approximate surface area is 112 Å². The van der Waals surface area contributed by atoms with Crippen molar-refractivity contribution in [1.29, 1.82) is 0 Å². The largest absolute Gasteiger partial charge is 0.398 e. The fourth-order valence-electron chi connectivity index (χ4n) is 2.48. The predicted molar refractivity (Wildman–Crippen MR) is 77.1 cm³/mol. The molecule has 1 aliphatic rings. The SMILES string of the molecule is Nc1cc(CN2CCc3ccccc32)ccc1Cl. The van der Waals surface area contributed by atoms with E-state index in [1.165, 1.54) is 16.8 Å². The predicted octanol–water partition coefficient (Wildman–Crippen LogP) is 3.48. The van der Waals surface area contributed by atoms with Crippen LogP contribution in [0.4, 0.5) is 11.4 Å². The first-order chi connectivity index (χ1) is 8.74. The zero-order chi connectivity index (χ0) is 12.5. The van der Waals surface area contributed by atoms with Crippen LogP contribution < -0.4 is 10.6 Å². The monoisotopic (exact) mass is 258 g/mol. The van der Waals surface area contributed by atoms with Gasteiger partial charge in [-0.3, -0.25) is 0 Å². The molecule has 1 heterocycles. The summed E-state index contributed by atoms with van der Waals surface area (Å²) in [6.45, 7) is 1.96. The standard InChI is InChI=1S/C15H15ClN2/c16-13-6-5-11(9-14(13)17)10-18-8-7-12-3-1-2-4-15(12)18/h1-6,9H,7-8,10,17H2. The van der Waals surface area contributed by atoms with E-state index in [9.17, 15) is 0 Å². The zero-order valence-corrected chi connectivity index (χ0v) is 10.8. The van der Waals surface area contributed by atoms with Crippen LogP contribution in [-0.2, 0) is 13.0 Å². The van der Waals surface area contributed by atoms with Gasteiger partial charge in [0.15, 0.2) is 0 Å². The van der Waals surface area contributed by atoms with Crippen LogP contribution >= 0.6 is 11.6 Å². The number of nitrogens with zero attached hydrogens (tertiary/aromatic N) is 1. The quantitative estimate of drug-likeness (QED) is 0.836. The molecule has 0 unspecified atom stereocenters. The number of anilines is 2. The second-order valence-electron chi connectivity index (χ2n) is 4.66. The minimum atomic E-state index is 0.626. The third kappa shape index (κ3) is 2.04. The summed E-state index contributed by atoms with van der Waals surface area (Å²) in [7, 11) is 0. The summed E-state index contributed by atoms with van der Waals surface area (Å²) in [5.74, 6) is 0. The molecule has 0 bridgehead atoms. The van der Waals surface area contributed by atoms with E-state index in [2.05, 4.69) is 29.2 Å². The highest BCUT2D eigenvalue weighted by atomic mass is 35.5. The molecular formula is C15H15ClN2. The van der Waals surface area contributed by atoms with Gasteiger partial charge in [-0.2, -0.15) is 0 Å². The van der Waals surface area contributed by atoms with E-state index in [0.29, 0.717) is 10.7 Å². The van der Waals surface area contributed by atoms with E-state index >= 15 is 0 Å². The lowest BCUT2D eigenvalue weighted by atomic mass is 10.1. The lowest BCUT2D eigenvalue weighted by Crippen LogP contribution is -2.19. The van der Waals surface area contributed by atoms with Crippen LogP contribution in [0.5, 0.6) is 0 Å². The van der Waals surface area contributed by atoms with Gasteiger partial charge in [0.2, 0.25) is 0 Å². The summed E-state index contributed by atoms with van der Waals surface area (Å²) < 4.78 is 0. The molecule has 0 aliphatic carbocycles. The Hall–Kier alpha value is -1.67. The van der Waals surface area contributed by atoms with Crippen molar-refractivity contribution in [2.45, 2.75) is 13.0 Å². The molecule has 92 valence electrons. The molecule has 0 saturated heterocycles. The molecule has 3 rings (SSSR count). The summed E-state index contributed by atoms with van der Waals surface area (Å²) >= 11 is 5.94. The molecule has 2 N–H and O–H groups in total. The Balaban J connectivity index is 1.84. The van der Waals surface area contributed by atoms with E-state index < -0.39 is 0 Å². The number of hydrogen-bond donors (Lipinski definition) is 1. The van der Waals surface area contributed by atoms with Crippen molar-refractivity contribution >= 4 is 23.0 Å². The summed E-state index contributed by atoms with van der Waals surface area (Å²) in [6.07, 6.45) is 1.12. The number of rotatable bonds is 2. The van der Waals surface area contributed by atoms with E-state index in [1.807, 2.05) is 18.2 Å². The molecule has 0 amide bonds. The minimum absolute atomic E-state index is 0.626. The van der Waals surface area contributed by atoms with Crippen LogP contribution in [0.2, 0.25) is 5.02 Å². The average Bonchev–Trinajstić information content (AvgIpc) is 2.78. The normalized spacial score (nSPS) is 13.7. The molecule has 0 spiro atoms. The maximum Gasteiger partial charge on any atom is 0.0635 e. The van der Waals surface area contributed by atoms with Gasteiger partial charge in [-0.25, -0.2) is 0 Å². The molecular weight excluding hydrogens is 244 g/mol. The number of nitrogens with two attached hydrogens (primary N) is 1. The molecule has 0 saturated carbocycles. The highest BCUT2D eigenvalue weighted by Crippen LogP contribution is 2.29. The van der Waals surface area contributed by atoms with Crippen LogP contribution in [0.15, 0.2) is 42.5 Å². The topological polar surface area (TPSA) is 29.3 Å². The van der Waals surface area contributed by atoms with Gasteiger partial charge in [0.05, 0.1) is 10.7 Å². The number of halogens is 1. The number of para-hydroxylation sites is 1. The molecule has 0 aromatic heterocycles. The van der Waals surface area contributed by atoms with Crippen molar-refractivity contribution in [2.75, 3.05) is 17.2 Å². The molecule has 0 fully saturated rings. The Morgan fingerprint density at radius 1 is 1.17 bits per heavy atom. The van der Waals surface area contributed by atoms with Gasteiger partial charge >= 0.3 is 0 Å². The fraction of sp³-hybridized carbons (Fsp3) is 0.200. The smallest absolute Gasteiger partial charge is 0.0635 e. The summed E-state index contributed by atoms with van der Waals surface area (Å²) in [6, 6.07) is 14.4. The van der Waals surface area contributed by atoms with Gasteiger partial charge in [-0.05, 0) is 35.7 Å². The zero-order valence-electron chi connectivity index (χ0n) is 10.1. The third-order valence-electron chi connectivity index (χ3n) is 3.42. The number of benzene rings is 2. The molecule has 0 atom stereocenters. The molecule has 18 heavy (non-hydrogen) atoms. The van der Waals surface area contributed by atoms with Crippen LogP contribution in [0.1, 0.15) is 11.1 Å². The average molecular weight is 259 g/mol. The van der Waals surface area contributed by atoms with Crippen molar-refractivity contribution in [2.24, 2.45) is 0 Å². The summed E-state index contributed by atoms with van der Waals surface area (Å²) in [5, 5.41) is 0.626. The maximum atomic E-state index is 5.94. The number of fused-ring (bicyclic) bond motifs is 1. The van der Waals surface area contributed by atoms with Crippen LogP contribution in [0.3, 0.4) is 0 Å². The molecule has 0 radical (unpaired) electrons. The van der Waals surface area contributed by atoms with Gasteiger partial charge in [0.1, 0.15) is 0 Å². The van der Waals surface area contributed by atoms with Gasteiger partial charge in [0.25, 0.3) is 0 Å². The van der Waals surface area contributed by atoms with E-state index in [-0.39, 0.29) is 0 Å². The van der Waals surface area contributed by atoms with Crippen molar-refractivity contribution in [3.63, 3.8) is 0 Å². The highest BCUT2D eigenvalue weighted by Gasteiger charge is 2.18. The van der Waals surface area contributed by atoms with Crippen molar-refractivity contribution in [3.05, 3.63) is 58.6 Å². The Morgan fingerprint density at radius 2 is 2.00 bits per heavy atom. The molecule has 2 aromatic rings. The van der Waals surface area contributed by atoms with E-state index in [1.54, 1.807) is 0 Å². The van der Waals surface area contributed by atoms with Crippen LogP contribution in [0.25, 0.3) is 0 Å². The second-order valence-corrected chi connectivity index (χ2v) is 5.06. The number of hydrogen-bond acceptors (Lipinski definition) is 2. The first-order valence-electron chi connectivity index (χ1n) is 6.11. The minimum Gasteiger partial charge on any atom is -0.398 e. The fourth-order valence-corrected chi connectivity index (χ4v) is 2.60. The third-order valence-corrected chi connectivity index (χ3v) is 3.76. The Morgan fingerprint density at radius 3 is 2.83 bits per heavy atom. The summed E-state index contributed by atoms with van der Waals surface area (Å²) in [4.78, 5) is 2.39. The van der Waals surface area contributed by atoms with Gasteiger partial charge in [-0.1, -0.05) is 35.9 Å². The van der Waals surface area contributed by atoms with Gasteiger partial charge < -0.3 is 10.6 Å². The molecule has 3 heteroatoms. The van der Waals surface area contributed by atoms with Crippen molar-refractivity contribution < 1.29 is 0 Å². The van der Waals surface area contributed by atoms with E-state index in [0.717, 1.165) is 19.5 Å². The van der Waals surface area contributed by atoms with Crippen molar-refractivity contribution in [1.82, 2.24) is 0 Å². The lowest BCUT2D eigenvalue weighted by molar-refractivity contribution is 0.836. The lowest BCUT2D eigenvalue weighted by Gasteiger charge is -2.19.